The van der Waals surface area contributed by atoms with E-state index in [1.807, 2.05) is 0 Å². The van der Waals surface area contributed by atoms with Gasteiger partial charge in [-0.1, -0.05) is 76.9 Å². The van der Waals surface area contributed by atoms with E-state index in [2.05, 4.69) is 19.1 Å². The van der Waals surface area contributed by atoms with Crippen LogP contribution < -0.4 is 0 Å². The van der Waals surface area contributed by atoms with Gasteiger partial charge in [0.15, 0.2) is 0 Å². The Morgan fingerprint density at radius 1 is 0.889 bits per heavy atom. The Hall–Kier alpha value is -0.460. The van der Waals surface area contributed by atoms with Gasteiger partial charge in [0.2, 0.25) is 0 Å². The Morgan fingerprint density at radius 3 is 2.11 bits per heavy atom. The van der Waals surface area contributed by atoms with Crippen molar-refractivity contribution in [1.29, 1.82) is 0 Å². The maximum absolute atomic E-state index is 9.97. The Bertz CT molecular complexity index is 359. The molecular weight excluding hydrogens is 344 g/mol. The molecule has 1 heterocycles. The second-order valence-corrected chi connectivity index (χ2v) is 7.68. The fourth-order valence-electron chi connectivity index (χ4n) is 3.47. The molecule has 0 radical (unpaired) electrons. The highest BCUT2D eigenvalue weighted by atomic mass is 16.6. The Morgan fingerprint density at radius 2 is 1.48 bits per heavy atom. The molecule has 4 atom stereocenters. The van der Waals surface area contributed by atoms with Crippen molar-refractivity contribution < 1.29 is 24.8 Å². The third-order valence-corrected chi connectivity index (χ3v) is 5.24. The van der Waals surface area contributed by atoms with Gasteiger partial charge in [0.05, 0.1) is 19.8 Å². The minimum absolute atomic E-state index is 0.0328. The first kappa shape index (κ1) is 24.6. The van der Waals surface area contributed by atoms with E-state index < -0.39 is 24.4 Å². The van der Waals surface area contributed by atoms with Crippen molar-refractivity contribution in [3.8, 4) is 0 Å². The van der Waals surface area contributed by atoms with E-state index >= 15 is 0 Å². The van der Waals surface area contributed by atoms with Crippen LogP contribution in [0.15, 0.2) is 12.2 Å². The van der Waals surface area contributed by atoms with Crippen molar-refractivity contribution in [3.63, 3.8) is 0 Å². The summed E-state index contributed by atoms with van der Waals surface area (Å²) in [6.45, 7) is 2.52. The fourth-order valence-corrected chi connectivity index (χ4v) is 3.47. The molecule has 1 aliphatic rings. The van der Waals surface area contributed by atoms with E-state index in [9.17, 15) is 15.3 Å². The zero-order valence-corrected chi connectivity index (χ0v) is 17.2. The molecule has 1 aliphatic heterocycles. The first-order valence-corrected chi connectivity index (χ1v) is 11.1. The molecule has 5 nitrogen and oxygen atoms in total. The lowest BCUT2D eigenvalue weighted by Crippen LogP contribution is -2.55. The Kier molecular flexibility index (Phi) is 15.0. The van der Waals surface area contributed by atoms with Crippen LogP contribution in [0.25, 0.3) is 0 Å². The number of hydrogen-bond donors (Lipinski definition) is 3. The van der Waals surface area contributed by atoms with Crippen LogP contribution in [0, 0.1) is 0 Å². The van der Waals surface area contributed by atoms with Crippen LogP contribution in [0.4, 0.5) is 0 Å². The average molecular weight is 387 g/mol. The summed E-state index contributed by atoms with van der Waals surface area (Å²) in [6, 6.07) is 0. The van der Waals surface area contributed by atoms with Gasteiger partial charge < -0.3 is 24.8 Å². The van der Waals surface area contributed by atoms with Gasteiger partial charge in [0.25, 0.3) is 0 Å². The number of unbranched alkanes of at least 4 members (excludes halogenated alkanes) is 10. The van der Waals surface area contributed by atoms with Crippen molar-refractivity contribution in [2.45, 2.75) is 108 Å². The van der Waals surface area contributed by atoms with Crippen LogP contribution in [0.1, 0.15) is 84.0 Å². The number of aliphatic hydroxyl groups is 3. The lowest BCUT2D eigenvalue weighted by Gasteiger charge is -2.37. The summed E-state index contributed by atoms with van der Waals surface area (Å²) in [4.78, 5) is 0. The van der Waals surface area contributed by atoms with Crippen molar-refractivity contribution in [2.75, 3.05) is 19.8 Å². The number of allylic oxidation sites excluding steroid dienone is 1. The number of rotatable bonds is 16. The van der Waals surface area contributed by atoms with Crippen molar-refractivity contribution >= 4 is 0 Å². The Balaban J connectivity index is 1.94. The van der Waals surface area contributed by atoms with Crippen molar-refractivity contribution in [2.24, 2.45) is 0 Å². The fraction of sp³-hybridized carbons (Fsp3) is 0.909. The highest BCUT2D eigenvalue weighted by Gasteiger charge is 2.39. The van der Waals surface area contributed by atoms with Crippen LogP contribution in [0.5, 0.6) is 0 Å². The molecule has 0 aliphatic carbocycles. The molecule has 0 saturated carbocycles. The summed E-state index contributed by atoms with van der Waals surface area (Å²) in [5.74, 6) is 0. The van der Waals surface area contributed by atoms with Gasteiger partial charge in [0, 0.05) is 0 Å². The van der Waals surface area contributed by atoms with E-state index in [0.29, 0.717) is 6.61 Å². The van der Waals surface area contributed by atoms with Gasteiger partial charge in [-0.15, -0.1) is 0 Å². The van der Waals surface area contributed by atoms with Gasteiger partial charge in [-0.3, -0.25) is 0 Å². The third kappa shape index (κ3) is 11.2. The lowest BCUT2D eigenvalue weighted by molar-refractivity contribution is -0.211. The lowest BCUT2D eigenvalue weighted by atomic mass is 10.0. The summed E-state index contributed by atoms with van der Waals surface area (Å²) in [6.07, 6.45) is 16.5. The molecule has 1 rings (SSSR count). The highest BCUT2D eigenvalue weighted by molar-refractivity contribution is 4.88. The standard InChI is InChI=1S/C22H42O5/c1-2-3-4-5-6-7-8-9-10-11-12-13-14-15-16-26-22-20(17-23)27-18-19(24)21(22)25/h13-14,19-25H,2-12,15-18H2,1H3/b14-13+/t19-,20+,21+,22+/m1/s1. The van der Waals surface area contributed by atoms with Crippen molar-refractivity contribution in [1.82, 2.24) is 0 Å². The van der Waals surface area contributed by atoms with Crippen LogP contribution in [-0.2, 0) is 9.47 Å². The third-order valence-electron chi connectivity index (χ3n) is 5.24. The van der Waals surface area contributed by atoms with Gasteiger partial charge in [-0.05, 0) is 19.3 Å². The average Bonchev–Trinajstić information content (AvgIpc) is 2.68. The molecule has 0 unspecified atom stereocenters. The number of aliphatic hydroxyl groups excluding tert-OH is 3. The predicted octanol–water partition coefficient (Wildman–Crippen LogP) is 3.74. The van der Waals surface area contributed by atoms with Crippen LogP contribution in [0.2, 0.25) is 0 Å². The van der Waals surface area contributed by atoms with Gasteiger partial charge in [-0.25, -0.2) is 0 Å². The summed E-state index contributed by atoms with van der Waals surface area (Å²) in [7, 11) is 0. The Labute approximate surface area is 165 Å². The zero-order valence-electron chi connectivity index (χ0n) is 17.2. The van der Waals surface area contributed by atoms with E-state index in [-0.39, 0.29) is 13.2 Å². The molecule has 0 bridgehead atoms. The molecule has 5 heteroatoms. The van der Waals surface area contributed by atoms with Crippen molar-refractivity contribution in [3.05, 3.63) is 12.2 Å². The van der Waals surface area contributed by atoms with E-state index in [0.717, 1.165) is 12.8 Å². The minimum Gasteiger partial charge on any atom is -0.394 e. The van der Waals surface area contributed by atoms with E-state index in [1.165, 1.54) is 64.2 Å². The van der Waals surface area contributed by atoms with Gasteiger partial charge in [-0.2, -0.15) is 0 Å². The molecule has 0 amide bonds. The number of hydrogen-bond acceptors (Lipinski definition) is 5. The smallest absolute Gasteiger partial charge is 0.114 e. The largest absolute Gasteiger partial charge is 0.394 e. The van der Waals surface area contributed by atoms with E-state index in [1.54, 1.807) is 0 Å². The van der Waals surface area contributed by atoms with Crippen LogP contribution in [0.3, 0.4) is 0 Å². The molecule has 0 aromatic rings. The molecular formula is C22H42O5. The molecule has 160 valence electrons. The van der Waals surface area contributed by atoms with Gasteiger partial charge >= 0.3 is 0 Å². The summed E-state index contributed by atoms with van der Waals surface area (Å²) in [5, 5.41) is 28.9. The first-order chi connectivity index (χ1) is 13.2. The molecule has 1 fully saturated rings. The topological polar surface area (TPSA) is 79.2 Å². The highest BCUT2D eigenvalue weighted by Crippen LogP contribution is 2.19. The quantitative estimate of drug-likeness (QED) is 0.278. The molecule has 3 N–H and O–H groups in total. The maximum Gasteiger partial charge on any atom is 0.114 e. The maximum atomic E-state index is 9.97. The van der Waals surface area contributed by atoms with E-state index in [4.69, 9.17) is 9.47 Å². The molecule has 27 heavy (non-hydrogen) atoms. The van der Waals surface area contributed by atoms with Gasteiger partial charge in [0.1, 0.15) is 24.4 Å². The summed E-state index contributed by atoms with van der Waals surface area (Å²) < 4.78 is 10.9. The zero-order chi connectivity index (χ0) is 19.7. The molecule has 1 saturated heterocycles. The monoisotopic (exact) mass is 386 g/mol. The molecule has 0 aromatic carbocycles. The second kappa shape index (κ2) is 16.5. The summed E-state index contributed by atoms with van der Waals surface area (Å²) in [5.41, 5.74) is 0. The molecule has 0 aromatic heterocycles. The van der Waals surface area contributed by atoms with Crippen LogP contribution >= 0.6 is 0 Å². The second-order valence-electron chi connectivity index (χ2n) is 7.68. The summed E-state index contributed by atoms with van der Waals surface area (Å²) >= 11 is 0. The predicted molar refractivity (Wildman–Crippen MR) is 109 cm³/mol. The van der Waals surface area contributed by atoms with Crippen LogP contribution in [-0.4, -0.2) is 59.6 Å². The first-order valence-electron chi connectivity index (χ1n) is 11.1. The number of ether oxygens (including phenoxy) is 2. The minimum atomic E-state index is -1.01. The SMILES string of the molecule is CCCCCCCCCCCC/C=C/CCO[C@@H]1[C@@H](O)[C@H](O)CO[C@H]1CO. The normalized spacial score (nSPS) is 26.1. The molecule has 0 spiro atoms.